The highest BCUT2D eigenvalue weighted by Crippen LogP contribution is 2.18. The second-order valence-corrected chi connectivity index (χ2v) is 3.48. The molecule has 0 unspecified atom stereocenters. The number of aliphatic hydroxyl groups is 1. The van der Waals surface area contributed by atoms with E-state index in [9.17, 15) is 0 Å². The normalized spacial score (nSPS) is 10.2. The first-order valence-electron chi connectivity index (χ1n) is 5.24. The van der Waals surface area contributed by atoms with Crippen molar-refractivity contribution in [1.29, 1.82) is 0 Å². The van der Waals surface area contributed by atoms with Gasteiger partial charge in [0.1, 0.15) is 11.6 Å². The molecule has 2 rings (SSSR count). The van der Waals surface area contributed by atoms with Gasteiger partial charge in [-0.25, -0.2) is 4.98 Å². The van der Waals surface area contributed by atoms with Crippen LogP contribution in [0.3, 0.4) is 0 Å². The van der Waals surface area contributed by atoms with Gasteiger partial charge in [-0.3, -0.25) is 0 Å². The lowest BCUT2D eigenvalue weighted by molar-refractivity contribution is 0.299. The molecule has 0 atom stereocenters. The fourth-order valence-electron chi connectivity index (χ4n) is 1.36. The summed E-state index contributed by atoms with van der Waals surface area (Å²) < 4.78 is 5.43. The van der Waals surface area contributed by atoms with Crippen molar-refractivity contribution in [2.24, 2.45) is 0 Å². The van der Waals surface area contributed by atoms with E-state index in [1.807, 2.05) is 12.1 Å². The SMILES string of the molecule is Nc1ccnc(Oc2ccc(CCO)cc2)n1. The van der Waals surface area contributed by atoms with Crippen LogP contribution in [0.1, 0.15) is 5.56 Å². The molecule has 0 saturated carbocycles. The molecule has 0 aliphatic rings. The number of benzene rings is 1. The summed E-state index contributed by atoms with van der Waals surface area (Å²) in [5.41, 5.74) is 6.57. The predicted octanol–water partition coefficient (Wildman–Crippen LogP) is 1.39. The third-order valence-corrected chi connectivity index (χ3v) is 2.19. The summed E-state index contributed by atoms with van der Waals surface area (Å²) in [5, 5.41) is 8.79. The first kappa shape index (κ1) is 11.3. The lowest BCUT2D eigenvalue weighted by Crippen LogP contribution is -1.96. The molecule has 0 aliphatic heterocycles. The maximum absolute atomic E-state index is 8.79. The lowest BCUT2D eigenvalue weighted by Gasteiger charge is -2.04. The Labute approximate surface area is 98.9 Å². The molecule has 0 radical (unpaired) electrons. The summed E-state index contributed by atoms with van der Waals surface area (Å²) in [6.07, 6.45) is 2.17. The Hall–Kier alpha value is -2.14. The smallest absolute Gasteiger partial charge is 0.323 e. The molecule has 0 spiro atoms. The fraction of sp³-hybridized carbons (Fsp3) is 0.167. The van der Waals surface area contributed by atoms with E-state index in [-0.39, 0.29) is 12.6 Å². The fourth-order valence-corrected chi connectivity index (χ4v) is 1.36. The molecule has 3 N–H and O–H groups in total. The van der Waals surface area contributed by atoms with Gasteiger partial charge in [0, 0.05) is 12.8 Å². The predicted molar refractivity (Wildman–Crippen MR) is 63.8 cm³/mol. The van der Waals surface area contributed by atoms with Gasteiger partial charge in [0.25, 0.3) is 0 Å². The number of nitrogens with two attached hydrogens (primary N) is 1. The van der Waals surface area contributed by atoms with Crippen LogP contribution in [0.2, 0.25) is 0 Å². The van der Waals surface area contributed by atoms with E-state index in [2.05, 4.69) is 9.97 Å². The zero-order chi connectivity index (χ0) is 12.1. The Morgan fingerprint density at radius 1 is 1.18 bits per heavy atom. The van der Waals surface area contributed by atoms with Crippen LogP contribution in [-0.2, 0) is 6.42 Å². The minimum Gasteiger partial charge on any atom is -0.424 e. The molecule has 2 aromatic rings. The first-order chi connectivity index (χ1) is 8.28. The number of rotatable bonds is 4. The van der Waals surface area contributed by atoms with Crippen LogP contribution in [0.15, 0.2) is 36.5 Å². The van der Waals surface area contributed by atoms with Crippen LogP contribution in [0.4, 0.5) is 5.82 Å². The summed E-state index contributed by atoms with van der Waals surface area (Å²) in [4.78, 5) is 7.87. The highest BCUT2D eigenvalue weighted by Gasteiger charge is 2.00. The Kier molecular flexibility index (Phi) is 3.52. The minimum absolute atomic E-state index is 0.137. The van der Waals surface area contributed by atoms with Crippen molar-refractivity contribution in [3.8, 4) is 11.8 Å². The van der Waals surface area contributed by atoms with Gasteiger partial charge in [0.15, 0.2) is 0 Å². The Morgan fingerprint density at radius 3 is 2.59 bits per heavy atom. The molecule has 0 bridgehead atoms. The van der Waals surface area contributed by atoms with Crippen LogP contribution in [0, 0.1) is 0 Å². The maximum Gasteiger partial charge on any atom is 0.323 e. The molecule has 5 heteroatoms. The molecule has 0 aliphatic carbocycles. The summed E-state index contributed by atoms with van der Waals surface area (Å²) >= 11 is 0. The van der Waals surface area contributed by atoms with E-state index in [1.54, 1.807) is 18.2 Å². The zero-order valence-corrected chi connectivity index (χ0v) is 9.21. The van der Waals surface area contributed by atoms with E-state index in [4.69, 9.17) is 15.6 Å². The topological polar surface area (TPSA) is 81.3 Å². The molecule has 0 fully saturated rings. The number of aliphatic hydroxyl groups excluding tert-OH is 1. The zero-order valence-electron chi connectivity index (χ0n) is 9.21. The number of hydrogen-bond acceptors (Lipinski definition) is 5. The number of ether oxygens (including phenoxy) is 1. The van der Waals surface area contributed by atoms with E-state index in [1.165, 1.54) is 6.20 Å². The van der Waals surface area contributed by atoms with E-state index in [0.29, 0.717) is 18.0 Å². The average molecular weight is 231 g/mol. The van der Waals surface area contributed by atoms with Gasteiger partial charge in [0.2, 0.25) is 0 Å². The largest absolute Gasteiger partial charge is 0.424 e. The Bertz CT molecular complexity index is 485. The molecule has 1 aromatic carbocycles. The number of hydrogen-bond donors (Lipinski definition) is 2. The molecule has 1 aromatic heterocycles. The van der Waals surface area contributed by atoms with E-state index in [0.717, 1.165) is 5.56 Å². The Morgan fingerprint density at radius 2 is 1.94 bits per heavy atom. The summed E-state index contributed by atoms with van der Waals surface area (Å²) in [6.45, 7) is 0.137. The summed E-state index contributed by atoms with van der Waals surface area (Å²) in [7, 11) is 0. The van der Waals surface area contributed by atoms with E-state index < -0.39 is 0 Å². The third-order valence-electron chi connectivity index (χ3n) is 2.19. The number of nitrogen functional groups attached to an aromatic ring is 1. The number of anilines is 1. The number of aromatic nitrogens is 2. The van der Waals surface area contributed by atoms with Crippen LogP contribution in [0.5, 0.6) is 11.8 Å². The second-order valence-electron chi connectivity index (χ2n) is 3.48. The van der Waals surface area contributed by atoms with Crippen LogP contribution in [0.25, 0.3) is 0 Å². The molecule has 0 saturated heterocycles. The van der Waals surface area contributed by atoms with Crippen molar-refractivity contribution < 1.29 is 9.84 Å². The van der Waals surface area contributed by atoms with Crippen molar-refractivity contribution in [3.63, 3.8) is 0 Å². The van der Waals surface area contributed by atoms with Gasteiger partial charge >= 0.3 is 6.01 Å². The van der Waals surface area contributed by atoms with Gasteiger partial charge in [0.05, 0.1) is 0 Å². The van der Waals surface area contributed by atoms with Gasteiger partial charge in [-0.15, -0.1) is 0 Å². The molecule has 1 heterocycles. The number of nitrogens with zero attached hydrogens (tertiary/aromatic N) is 2. The molecular formula is C12H13N3O2. The summed E-state index contributed by atoms with van der Waals surface area (Å²) in [6, 6.07) is 9.20. The quantitative estimate of drug-likeness (QED) is 0.830. The molecule has 0 amide bonds. The van der Waals surface area contributed by atoms with Crippen molar-refractivity contribution >= 4 is 5.82 Å². The highest BCUT2D eigenvalue weighted by atomic mass is 16.5. The van der Waals surface area contributed by atoms with Gasteiger partial charge < -0.3 is 15.6 Å². The third kappa shape index (κ3) is 3.15. The van der Waals surface area contributed by atoms with Crippen LogP contribution < -0.4 is 10.5 Å². The molecule has 88 valence electrons. The van der Waals surface area contributed by atoms with Crippen LogP contribution >= 0.6 is 0 Å². The standard InChI is InChI=1S/C12H13N3O2/c13-11-5-7-14-12(15-11)17-10-3-1-9(2-4-10)6-8-16/h1-5,7,16H,6,8H2,(H2,13,14,15). The summed E-state index contributed by atoms with van der Waals surface area (Å²) in [5.74, 6) is 1.00. The monoisotopic (exact) mass is 231 g/mol. The van der Waals surface area contributed by atoms with Gasteiger partial charge in [-0.1, -0.05) is 12.1 Å². The maximum atomic E-state index is 8.79. The van der Waals surface area contributed by atoms with Crippen molar-refractivity contribution in [2.45, 2.75) is 6.42 Å². The average Bonchev–Trinajstić information content (AvgIpc) is 2.32. The van der Waals surface area contributed by atoms with E-state index >= 15 is 0 Å². The Balaban J connectivity index is 2.08. The first-order valence-corrected chi connectivity index (χ1v) is 5.24. The van der Waals surface area contributed by atoms with Gasteiger partial charge in [-0.2, -0.15) is 4.98 Å². The van der Waals surface area contributed by atoms with Crippen molar-refractivity contribution in [1.82, 2.24) is 9.97 Å². The lowest BCUT2D eigenvalue weighted by atomic mass is 10.1. The second kappa shape index (κ2) is 5.27. The minimum atomic E-state index is 0.137. The van der Waals surface area contributed by atoms with Crippen LogP contribution in [-0.4, -0.2) is 21.7 Å². The van der Waals surface area contributed by atoms with Crippen molar-refractivity contribution in [2.75, 3.05) is 12.3 Å². The van der Waals surface area contributed by atoms with Gasteiger partial charge in [-0.05, 0) is 30.2 Å². The molecule has 5 nitrogen and oxygen atoms in total. The molecular weight excluding hydrogens is 218 g/mol. The highest BCUT2D eigenvalue weighted by molar-refractivity contribution is 5.31. The van der Waals surface area contributed by atoms with Crippen molar-refractivity contribution in [3.05, 3.63) is 42.1 Å². The molecule has 17 heavy (non-hydrogen) atoms.